The Kier molecular flexibility index (Phi) is 6.05. The number of rotatable bonds is 6. The second kappa shape index (κ2) is 9.05. The maximum absolute atomic E-state index is 6.09. The summed E-state index contributed by atoms with van der Waals surface area (Å²) in [4.78, 5) is 6.92. The van der Waals surface area contributed by atoms with E-state index < -0.39 is 0 Å². The van der Waals surface area contributed by atoms with Crippen LogP contribution in [-0.4, -0.2) is 44.4 Å². The van der Waals surface area contributed by atoms with E-state index in [1.807, 2.05) is 42.5 Å². The number of aromatic nitrogens is 1. The number of para-hydroxylation sites is 1. The molecule has 156 valence electrons. The zero-order chi connectivity index (χ0) is 20.9. The normalized spacial score (nSPS) is 13.7. The number of hydrogen-bond acceptors (Lipinski definition) is 6. The maximum Gasteiger partial charge on any atom is 0.213 e. The highest BCUT2D eigenvalue weighted by atomic mass is 16.5. The van der Waals surface area contributed by atoms with Gasteiger partial charge >= 0.3 is 0 Å². The summed E-state index contributed by atoms with van der Waals surface area (Å²) in [5.74, 6) is 2.99. The summed E-state index contributed by atoms with van der Waals surface area (Å²) >= 11 is 0. The molecule has 2 aromatic carbocycles. The molecule has 1 aliphatic rings. The number of ether oxygens (including phenoxy) is 4. The van der Waals surface area contributed by atoms with Gasteiger partial charge in [-0.3, -0.25) is 4.90 Å². The highest BCUT2D eigenvalue weighted by Crippen LogP contribution is 2.38. The standard InChI is InChI=1S/C24H26N2O4/c1-27-21-9-5-4-7-17(21)15-26-11-12-30-24-19(16-26)13-18(14-22(24)28-2)20-8-6-10-23(25-20)29-3/h4-10,13-14H,11-12,15-16H2,1-3H3. The topological polar surface area (TPSA) is 53.0 Å². The van der Waals surface area contributed by atoms with Crippen LogP contribution in [0.4, 0.5) is 0 Å². The second-order valence-electron chi connectivity index (χ2n) is 7.10. The van der Waals surface area contributed by atoms with Gasteiger partial charge in [-0.1, -0.05) is 24.3 Å². The molecule has 6 heteroatoms. The number of fused-ring (bicyclic) bond motifs is 1. The first-order valence-corrected chi connectivity index (χ1v) is 9.91. The van der Waals surface area contributed by atoms with Crippen molar-refractivity contribution in [1.29, 1.82) is 0 Å². The average Bonchev–Trinajstić information content (AvgIpc) is 3.00. The van der Waals surface area contributed by atoms with Crippen LogP contribution in [0.15, 0.2) is 54.6 Å². The number of hydrogen-bond donors (Lipinski definition) is 0. The Morgan fingerprint density at radius 1 is 0.933 bits per heavy atom. The summed E-state index contributed by atoms with van der Waals surface area (Å²) in [6.07, 6.45) is 0. The van der Waals surface area contributed by atoms with Crippen LogP contribution < -0.4 is 18.9 Å². The number of nitrogens with zero attached hydrogens (tertiary/aromatic N) is 2. The average molecular weight is 406 g/mol. The molecule has 0 amide bonds. The fourth-order valence-electron chi connectivity index (χ4n) is 3.74. The summed E-state index contributed by atoms with van der Waals surface area (Å²) < 4.78 is 22.6. The maximum atomic E-state index is 6.09. The summed E-state index contributed by atoms with van der Waals surface area (Å²) in [5, 5.41) is 0. The van der Waals surface area contributed by atoms with Crippen molar-refractivity contribution in [2.24, 2.45) is 0 Å². The lowest BCUT2D eigenvalue weighted by molar-refractivity contribution is 0.215. The number of benzene rings is 2. The van der Waals surface area contributed by atoms with Crippen molar-refractivity contribution >= 4 is 0 Å². The van der Waals surface area contributed by atoms with Gasteiger partial charge in [0, 0.05) is 42.4 Å². The lowest BCUT2D eigenvalue weighted by atomic mass is 10.0. The third kappa shape index (κ3) is 4.19. The van der Waals surface area contributed by atoms with E-state index in [1.165, 1.54) is 0 Å². The van der Waals surface area contributed by atoms with Crippen molar-refractivity contribution in [3.63, 3.8) is 0 Å². The molecule has 1 aromatic heterocycles. The van der Waals surface area contributed by atoms with Crippen LogP contribution in [0.1, 0.15) is 11.1 Å². The van der Waals surface area contributed by atoms with Gasteiger partial charge in [0.2, 0.25) is 5.88 Å². The molecule has 0 N–H and O–H groups in total. The number of methoxy groups -OCH3 is 3. The molecule has 0 spiro atoms. The smallest absolute Gasteiger partial charge is 0.213 e. The van der Waals surface area contributed by atoms with Crippen LogP contribution in [-0.2, 0) is 13.1 Å². The van der Waals surface area contributed by atoms with Crippen LogP contribution in [0.25, 0.3) is 11.3 Å². The quantitative estimate of drug-likeness (QED) is 0.613. The Bertz CT molecular complexity index is 1020. The number of pyridine rings is 1. The van der Waals surface area contributed by atoms with E-state index in [0.29, 0.717) is 18.2 Å². The van der Waals surface area contributed by atoms with Crippen LogP contribution in [0, 0.1) is 0 Å². The van der Waals surface area contributed by atoms with Crippen molar-refractivity contribution in [3.8, 4) is 34.4 Å². The lowest BCUT2D eigenvalue weighted by Crippen LogP contribution is -2.25. The van der Waals surface area contributed by atoms with Gasteiger partial charge in [0.05, 0.1) is 27.0 Å². The van der Waals surface area contributed by atoms with Crippen LogP contribution in [0.2, 0.25) is 0 Å². The minimum Gasteiger partial charge on any atom is -0.496 e. The van der Waals surface area contributed by atoms with Gasteiger partial charge in [-0.25, -0.2) is 4.98 Å². The van der Waals surface area contributed by atoms with E-state index in [-0.39, 0.29) is 0 Å². The molecule has 0 unspecified atom stereocenters. The molecule has 0 saturated heterocycles. The predicted molar refractivity (Wildman–Crippen MR) is 115 cm³/mol. The third-order valence-corrected chi connectivity index (χ3v) is 5.21. The Morgan fingerprint density at radius 2 is 1.77 bits per heavy atom. The van der Waals surface area contributed by atoms with Crippen molar-refractivity contribution in [1.82, 2.24) is 9.88 Å². The van der Waals surface area contributed by atoms with E-state index in [4.69, 9.17) is 18.9 Å². The monoisotopic (exact) mass is 406 g/mol. The van der Waals surface area contributed by atoms with Crippen molar-refractivity contribution in [2.45, 2.75) is 13.1 Å². The van der Waals surface area contributed by atoms with Crippen LogP contribution in [0.5, 0.6) is 23.1 Å². The zero-order valence-corrected chi connectivity index (χ0v) is 17.6. The SMILES string of the molecule is COc1cccc(-c2cc3c(c(OC)c2)OCCN(Cc2ccccc2OC)C3)n1. The Morgan fingerprint density at radius 3 is 2.57 bits per heavy atom. The van der Waals surface area contributed by atoms with Gasteiger partial charge in [0.15, 0.2) is 11.5 Å². The molecule has 0 saturated carbocycles. The molecular weight excluding hydrogens is 380 g/mol. The van der Waals surface area contributed by atoms with E-state index in [0.717, 1.165) is 53.5 Å². The molecule has 6 nitrogen and oxygen atoms in total. The highest BCUT2D eigenvalue weighted by molar-refractivity contribution is 5.67. The van der Waals surface area contributed by atoms with Gasteiger partial charge < -0.3 is 18.9 Å². The minimum atomic E-state index is 0.579. The molecular formula is C24H26N2O4. The van der Waals surface area contributed by atoms with Gasteiger partial charge in [0.1, 0.15) is 12.4 Å². The molecule has 4 rings (SSSR count). The zero-order valence-electron chi connectivity index (χ0n) is 17.6. The molecule has 0 fully saturated rings. The third-order valence-electron chi connectivity index (χ3n) is 5.21. The van der Waals surface area contributed by atoms with E-state index in [9.17, 15) is 0 Å². The summed E-state index contributed by atoms with van der Waals surface area (Å²) in [7, 11) is 4.99. The molecule has 2 heterocycles. The Balaban J connectivity index is 1.67. The van der Waals surface area contributed by atoms with E-state index in [2.05, 4.69) is 22.0 Å². The first kappa shape index (κ1) is 20.0. The molecule has 0 atom stereocenters. The molecule has 0 bridgehead atoms. The Labute approximate surface area is 177 Å². The second-order valence-corrected chi connectivity index (χ2v) is 7.10. The van der Waals surface area contributed by atoms with Gasteiger partial charge in [0.25, 0.3) is 0 Å². The summed E-state index contributed by atoms with van der Waals surface area (Å²) in [6, 6.07) is 17.9. The molecule has 30 heavy (non-hydrogen) atoms. The van der Waals surface area contributed by atoms with E-state index >= 15 is 0 Å². The van der Waals surface area contributed by atoms with Crippen molar-refractivity contribution in [3.05, 3.63) is 65.7 Å². The highest BCUT2D eigenvalue weighted by Gasteiger charge is 2.21. The van der Waals surface area contributed by atoms with Gasteiger partial charge in [-0.15, -0.1) is 0 Å². The van der Waals surface area contributed by atoms with Crippen LogP contribution in [0.3, 0.4) is 0 Å². The van der Waals surface area contributed by atoms with Crippen LogP contribution >= 0.6 is 0 Å². The first-order chi connectivity index (χ1) is 14.7. The Hall–Kier alpha value is -3.25. The minimum absolute atomic E-state index is 0.579. The predicted octanol–water partition coefficient (Wildman–Crippen LogP) is 4.17. The molecule has 3 aromatic rings. The fourth-order valence-corrected chi connectivity index (χ4v) is 3.74. The molecule has 0 aliphatic carbocycles. The summed E-state index contributed by atoms with van der Waals surface area (Å²) in [6.45, 7) is 2.91. The fraction of sp³-hybridized carbons (Fsp3) is 0.292. The molecule has 1 aliphatic heterocycles. The summed E-state index contributed by atoms with van der Waals surface area (Å²) in [5.41, 5.74) is 4.02. The molecule has 0 radical (unpaired) electrons. The van der Waals surface area contributed by atoms with Crippen molar-refractivity contribution < 1.29 is 18.9 Å². The van der Waals surface area contributed by atoms with Crippen molar-refractivity contribution in [2.75, 3.05) is 34.5 Å². The van der Waals surface area contributed by atoms with Gasteiger partial charge in [-0.2, -0.15) is 0 Å². The van der Waals surface area contributed by atoms with E-state index in [1.54, 1.807) is 21.3 Å². The van der Waals surface area contributed by atoms with Gasteiger partial charge in [-0.05, 0) is 24.3 Å². The first-order valence-electron chi connectivity index (χ1n) is 9.91. The largest absolute Gasteiger partial charge is 0.496 e. The lowest BCUT2D eigenvalue weighted by Gasteiger charge is -2.21.